The van der Waals surface area contributed by atoms with Gasteiger partial charge in [-0.2, -0.15) is 0 Å². The number of ether oxygens (including phenoxy) is 3. The largest absolute Gasteiger partial charge is 0.456 e. The van der Waals surface area contributed by atoms with Gasteiger partial charge in [0.05, 0.1) is 5.92 Å². The van der Waals surface area contributed by atoms with Gasteiger partial charge in [0.25, 0.3) is 17.4 Å². The normalized spacial score (nSPS) is 33.8. The van der Waals surface area contributed by atoms with Crippen molar-refractivity contribution in [2.45, 2.75) is 81.3 Å². The van der Waals surface area contributed by atoms with Crippen LogP contribution in [-0.4, -0.2) is 105 Å². The number of rotatable bonds is 8. The minimum atomic E-state index is -1.86. The Labute approximate surface area is 237 Å². The molecule has 0 aliphatic carbocycles. The van der Waals surface area contributed by atoms with Crippen LogP contribution in [0, 0.1) is 5.92 Å². The first-order valence-electron chi connectivity index (χ1n) is 13.3. The number of H-pyrrole nitrogens is 1. The van der Waals surface area contributed by atoms with E-state index < -0.39 is 89.7 Å². The number of aromatic amines is 1. The molecule has 3 aliphatic heterocycles. The molecule has 3 amide bonds. The molecule has 7 N–H and O–H groups in total. The van der Waals surface area contributed by atoms with Crippen LogP contribution in [0.1, 0.15) is 32.4 Å². The molecule has 4 rings (SSSR count). The van der Waals surface area contributed by atoms with E-state index in [9.17, 15) is 44.1 Å². The fraction of sp³-hybridized carbons (Fsp3) is 0.600. The van der Waals surface area contributed by atoms with Crippen molar-refractivity contribution >= 4 is 24.0 Å². The van der Waals surface area contributed by atoms with E-state index in [1.807, 2.05) is 11.9 Å². The predicted molar refractivity (Wildman–Crippen MR) is 138 cm³/mol. The van der Waals surface area contributed by atoms with Gasteiger partial charge < -0.3 is 50.3 Å². The summed E-state index contributed by atoms with van der Waals surface area (Å²) in [6.07, 6.45) is -7.98. The summed E-state index contributed by atoms with van der Waals surface area (Å²) in [6, 6.07) is 0.0259. The predicted octanol–water partition coefficient (Wildman–Crippen LogP) is -4.12. The second-order valence-corrected chi connectivity index (χ2v) is 10.2. The SMILES string of the molecule is CNC(=O)C(OC1OC(C(=O)NC2CCCC(C)NC2=O)=CC(O)C1O)C1OC(n2ccc(=O)[nH]c2=O)C(O)C1C=O. The van der Waals surface area contributed by atoms with Crippen molar-refractivity contribution in [3.63, 3.8) is 0 Å². The number of nitrogens with one attached hydrogen (secondary N) is 4. The number of carbonyl (C=O) groups excluding carboxylic acids is 4. The average Bonchev–Trinajstić information content (AvgIpc) is 3.18. The third-order valence-electron chi connectivity index (χ3n) is 7.29. The van der Waals surface area contributed by atoms with Gasteiger partial charge in [0.15, 0.2) is 18.1 Å². The van der Waals surface area contributed by atoms with Crippen molar-refractivity contribution < 1.29 is 48.7 Å². The van der Waals surface area contributed by atoms with Crippen LogP contribution in [-0.2, 0) is 33.4 Å². The van der Waals surface area contributed by atoms with Crippen LogP contribution in [0.4, 0.5) is 0 Å². The lowest BCUT2D eigenvalue weighted by molar-refractivity contribution is -0.239. The number of aliphatic hydroxyl groups is 3. The Morgan fingerprint density at radius 3 is 2.60 bits per heavy atom. The van der Waals surface area contributed by atoms with Gasteiger partial charge in [0, 0.05) is 25.4 Å². The summed E-state index contributed by atoms with van der Waals surface area (Å²) in [7, 11) is 1.23. The Kier molecular flexibility index (Phi) is 9.57. The second kappa shape index (κ2) is 13.0. The standard InChI is InChI=1S/C25H33N5O12/c1-10-4-3-5-12(20(36)27-10)28-21(37)14-8-13(32)17(35)24(40-14)42-19(22(38)26-2)18-11(9-31)16(34)23(41-18)30-7-6-15(33)29-25(30)39/h6-13,16-19,23-24,32,34-35H,3-5H2,1-2H3,(H,26,38)(H,27,36)(H,28,37)(H,29,33,39). The van der Waals surface area contributed by atoms with Gasteiger partial charge in [-0.1, -0.05) is 0 Å². The van der Waals surface area contributed by atoms with Crippen molar-refractivity contribution in [2.24, 2.45) is 5.92 Å². The summed E-state index contributed by atoms with van der Waals surface area (Å²) in [5, 5.41) is 39.4. The Bertz CT molecular complexity index is 1340. The molecule has 42 heavy (non-hydrogen) atoms. The summed E-state index contributed by atoms with van der Waals surface area (Å²) in [5.41, 5.74) is -1.68. The molecule has 17 nitrogen and oxygen atoms in total. The highest BCUT2D eigenvalue weighted by Gasteiger charge is 2.52. The molecular weight excluding hydrogens is 562 g/mol. The molecule has 17 heteroatoms. The van der Waals surface area contributed by atoms with Crippen LogP contribution in [0.3, 0.4) is 0 Å². The van der Waals surface area contributed by atoms with E-state index in [1.165, 1.54) is 7.05 Å². The zero-order valence-electron chi connectivity index (χ0n) is 22.7. The zero-order chi connectivity index (χ0) is 30.7. The summed E-state index contributed by atoms with van der Waals surface area (Å²) >= 11 is 0. The smallest absolute Gasteiger partial charge is 0.330 e. The molecule has 10 atom stereocenters. The van der Waals surface area contributed by atoms with Gasteiger partial charge in [0.2, 0.25) is 12.2 Å². The average molecular weight is 596 g/mol. The first-order valence-corrected chi connectivity index (χ1v) is 13.3. The molecule has 2 fully saturated rings. The molecule has 1 aromatic rings. The lowest BCUT2D eigenvalue weighted by Gasteiger charge is -2.35. The van der Waals surface area contributed by atoms with E-state index in [4.69, 9.17) is 14.2 Å². The Morgan fingerprint density at radius 2 is 1.93 bits per heavy atom. The fourth-order valence-corrected chi connectivity index (χ4v) is 5.01. The minimum Gasteiger partial charge on any atom is -0.456 e. The lowest BCUT2D eigenvalue weighted by atomic mass is 9.95. The number of amides is 3. The van der Waals surface area contributed by atoms with Crippen molar-refractivity contribution in [3.05, 3.63) is 44.9 Å². The van der Waals surface area contributed by atoms with Crippen molar-refractivity contribution in [3.8, 4) is 0 Å². The number of hydrogen-bond donors (Lipinski definition) is 7. The van der Waals surface area contributed by atoms with E-state index in [1.54, 1.807) is 0 Å². The highest BCUT2D eigenvalue weighted by atomic mass is 16.7. The summed E-state index contributed by atoms with van der Waals surface area (Å²) in [5.74, 6) is -4.14. The molecule has 0 spiro atoms. The highest BCUT2D eigenvalue weighted by molar-refractivity contribution is 5.95. The third kappa shape index (κ3) is 6.44. The molecule has 2 saturated heterocycles. The number of carbonyl (C=O) groups is 4. The summed E-state index contributed by atoms with van der Waals surface area (Å²) in [6.45, 7) is 1.83. The molecular formula is C25H33N5O12. The van der Waals surface area contributed by atoms with Crippen LogP contribution in [0.5, 0.6) is 0 Å². The van der Waals surface area contributed by atoms with E-state index in [-0.39, 0.29) is 12.3 Å². The maximum Gasteiger partial charge on any atom is 0.330 e. The molecule has 1 aromatic heterocycles. The van der Waals surface area contributed by atoms with Crippen LogP contribution in [0.15, 0.2) is 33.7 Å². The zero-order valence-corrected chi connectivity index (χ0v) is 22.7. The molecule has 3 aliphatic rings. The first kappa shape index (κ1) is 31.0. The maximum absolute atomic E-state index is 13.0. The molecule has 4 heterocycles. The van der Waals surface area contributed by atoms with E-state index in [2.05, 4.69) is 16.0 Å². The fourth-order valence-electron chi connectivity index (χ4n) is 5.01. The molecule has 0 aromatic carbocycles. The third-order valence-corrected chi connectivity index (χ3v) is 7.29. The van der Waals surface area contributed by atoms with Crippen molar-refractivity contribution in [1.29, 1.82) is 0 Å². The van der Waals surface area contributed by atoms with Crippen LogP contribution < -0.4 is 27.2 Å². The lowest BCUT2D eigenvalue weighted by Crippen LogP contribution is -2.54. The Hall–Kier alpha value is -3.90. The van der Waals surface area contributed by atoms with E-state index in [0.29, 0.717) is 12.8 Å². The van der Waals surface area contributed by atoms with Gasteiger partial charge in [-0.05, 0) is 32.3 Å². The minimum absolute atomic E-state index is 0.0742. The van der Waals surface area contributed by atoms with Crippen LogP contribution in [0.25, 0.3) is 0 Å². The molecule has 0 saturated carbocycles. The molecule has 230 valence electrons. The second-order valence-electron chi connectivity index (χ2n) is 10.2. The number of hydrogen-bond acceptors (Lipinski definition) is 12. The summed E-state index contributed by atoms with van der Waals surface area (Å²) in [4.78, 5) is 76.0. The van der Waals surface area contributed by atoms with Gasteiger partial charge in [-0.25, -0.2) is 4.79 Å². The molecule has 10 unspecified atom stereocenters. The van der Waals surface area contributed by atoms with E-state index >= 15 is 0 Å². The number of likely N-dealkylation sites (N-methyl/N-ethyl adjacent to an activating group) is 1. The van der Waals surface area contributed by atoms with E-state index in [0.717, 1.165) is 29.3 Å². The molecule has 0 radical (unpaired) electrons. The monoisotopic (exact) mass is 595 g/mol. The number of aliphatic hydroxyl groups excluding tert-OH is 3. The maximum atomic E-state index is 13.0. The van der Waals surface area contributed by atoms with Crippen LogP contribution >= 0.6 is 0 Å². The summed E-state index contributed by atoms with van der Waals surface area (Å²) < 4.78 is 17.7. The number of nitrogens with zero attached hydrogens (tertiary/aromatic N) is 1. The van der Waals surface area contributed by atoms with Gasteiger partial charge in [-0.15, -0.1) is 0 Å². The Balaban J connectivity index is 1.54. The topological polar surface area (TPSA) is 248 Å². The number of aromatic nitrogens is 2. The van der Waals surface area contributed by atoms with Gasteiger partial charge in [0.1, 0.15) is 36.7 Å². The van der Waals surface area contributed by atoms with Crippen molar-refractivity contribution in [1.82, 2.24) is 25.5 Å². The first-order chi connectivity index (χ1) is 19.9. The van der Waals surface area contributed by atoms with Gasteiger partial charge >= 0.3 is 5.69 Å². The van der Waals surface area contributed by atoms with Crippen LogP contribution in [0.2, 0.25) is 0 Å². The van der Waals surface area contributed by atoms with Crippen molar-refractivity contribution in [2.75, 3.05) is 7.05 Å². The molecule has 0 bridgehead atoms. The number of aldehydes is 1. The van der Waals surface area contributed by atoms with Gasteiger partial charge in [-0.3, -0.25) is 28.7 Å². The quantitative estimate of drug-likeness (QED) is 0.142. The Morgan fingerprint density at radius 1 is 1.19 bits per heavy atom. The highest BCUT2D eigenvalue weighted by Crippen LogP contribution is 2.36.